The van der Waals surface area contributed by atoms with Crippen molar-refractivity contribution in [3.8, 4) is 5.75 Å². The van der Waals surface area contributed by atoms with Gasteiger partial charge in [0.2, 0.25) is 0 Å². The summed E-state index contributed by atoms with van der Waals surface area (Å²) in [5, 5.41) is 0.271. The minimum absolute atomic E-state index is 0.0180. The van der Waals surface area contributed by atoms with Crippen molar-refractivity contribution in [1.82, 2.24) is 0 Å². The van der Waals surface area contributed by atoms with Crippen LogP contribution in [0, 0.1) is 5.82 Å². The van der Waals surface area contributed by atoms with Gasteiger partial charge in [-0.05, 0) is 40.1 Å². The second-order valence-electron chi connectivity index (χ2n) is 6.51. The summed E-state index contributed by atoms with van der Waals surface area (Å²) in [5.74, 6) is -0.833. The smallest absolute Gasteiger partial charge is 0.341 e. The minimum atomic E-state index is -2.14. The first-order valence-electron chi connectivity index (χ1n) is 6.80. The third kappa shape index (κ3) is 3.92. The lowest BCUT2D eigenvalue weighted by Gasteiger charge is -2.37. The van der Waals surface area contributed by atoms with Crippen molar-refractivity contribution in [3.63, 3.8) is 0 Å². The number of carbonyl (C=O) groups excluding carboxylic acids is 1. The van der Waals surface area contributed by atoms with Crippen LogP contribution in [-0.2, 0) is 10.1 Å². The normalized spacial score (nSPS) is 12.2. The monoisotopic (exact) mass is 454 g/mol. The van der Waals surface area contributed by atoms with E-state index in [9.17, 15) is 9.18 Å². The average molecular weight is 456 g/mol. The zero-order chi connectivity index (χ0) is 17.3. The van der Waals surface area contributed by atoms with Gasteiger partial charge >= 0.3 is 5.97 Å². The number of rotatable bonds is 4. The highest BCUT2D eigenvalue weighted by molar-refractivity contribution is 9.10. The van der Waals surface area contributed by atoms with Gasteiger partial charge in [0.15, 0.2) is 0 Å². The molecular weight excluding hydrogens is 435 g/mol. The van der Waals surface area contributed by atoms with Crippen molar-refractivity contribution in [2.45, 2.75) is 44.2 Å². The van der Waals surface area contributed by atoms with Crippen LogP contribution in [0.5, 0.6) is 5.75 Å². The van der Waals surface area contributed by atoms with Gasteiger partial charge < -0.3 is 9.16 Å². The summed E-state index contributed by atoms with van der Waals surface area (Å²) < 4.78 is 25.7. The van der Waals surface area contributed by atoms with E-state index in [0.717, 1.165) is 0 Å². The number of benzene rings is 1. The van der Waals surface area contributed by atoms with Gasteiger partial charge in [0, 0.05) is 10.9 Å². The second-order valence-corrected chi connectivity index (χ2v) is 12.7. The average Bonchev–Trinajstić information content (AvgIpc) is 2.39. The molecule has 0 heterocycles. The molecule has 1 rings (SSSR count). The SMILES string of the molecule is COC(=O)c1c(F)cc(Br)c(O[Si](C)(C)C(C)(C)C)c1CBr. The first-order chi connectivity index (χ1) is 9.96. The van der Waals surface area contributed by atoms with Crippen LogP contribution in [0.2, 0.25) is 18.1 Å². The van der Waals surface area contributed by atoms with E-state index in [1.165, 1.54) is 13.2 Å². The van der Waals surface area contributed by atoms with Crippen LogP contribution in [0.4, 0.5) is 4.39 Å². The Morgan fingerprint density at radius 1 is 1.36 bits per heavy atom. The molecule has 0 bridgehead atoms. The molecule has 0 saturated carbocycles. The number of alkyl halides is 1. The van der Waals surface area contributed by atoms with Crippen LogP contribution in [0.3, 0.4) is 0 Å². The third-order valence-corrected chi connectivity index (χ3v) is 9.45. The maximum absolute atomic E-state index is 14.2. The summed E-state index contributed by atoms with van der Waals surface area (Å²) in [6, 6.07) is 1.25. The molecule has 0 radical (unpaired) electrons. The highest BCUT2D eigenvalue weighted by Gasteiger charge is 2.40. The Labute approximate surface area is 149 Å². The van der Waals surface area contributed by atoms with E-state index >= 15 is 0 Å². The molecule has 3 nitrogen and oxygen atoms in total. The molecule has 0 aromatic heterocycles. The predicted molar refractivity (Wildman–Crippen MR) is 95.9 cm³/mol. The first kappa shape index (κ1) is 19.6. The molecule has 0 amide bonds. The number of esters is 1. The third-order valence-electron chi connectivity index (χ3n) is 3.97. The van der Waals surface area contributed by atoms with E-state index in [0.29, 0.717) is 15.8 Å². The number of hydrogen-bond acceptors (Lipinski definition) is 3. The fourth-order valence-electron chi connectivity index (χ4n) is 1.62. The molecule has 0 spiro atoms. The molecule has 0 aliphatic carbocycles. The van der Waals surface area contributed by atoms with Crippen molar-refractivity contribution in [2.24, 2.45) is 0 Å². The van der Waals surface area contributed by atoms with Gasteiger partial charge in [-0.25, -0.2) is 9.18 Å². The zero-order valence-electron chi connectivity index (χ0n) is 13.6. The number of carbonyl (C=O) groups is 1. The Morgan fingerprint density at radius 2 is 1.91 bits per heavy atom. The van der Waals surface area contributed by atoms with Crippen LogP contribution in [0.15, 0.2) is 10.5 Å². The summed E-state index contributed by atoms with van der Waals surface area (Å²) >= 11 is 6.67. The van der Waals surface area contributed by atoms with E-state index in [1.54, 1.807) is 0 Å². The fraction of sp³-hybridized carbons (Fsp3) is 0.533. The van der Waals surface area contributed by atoms with Crippen molar-refractivity contribution in [2.75, 3.05) is 7.11 Å². The number of ether oxygens (including phenoxy) is 1. The molecule has 0 atom stereocenters. The molecule has 0 aliphatic heterocycles. The van der Waals surface area contributed by atoms with Crippen molar-refractivity contribution in [1.29, 1.82) is 0 Å². The minimum Gasteiger partial charge on any atom is -0.543 e. The quantitative estimate of drug-likeness (QED) is 0.334. The lowest BCUT2D eigenvalue weighted by atomic mass is 10.1. The number of hydrogen-bond donors (Lipinski definition) is 0. The number of halogens is 3. The highest BCUT2D eigenvalue weighted by atomic mass is 79.9. The summed E-state index contributed by atoms with van der Waals surface area (Å²) in [7, 11) is -0.903. The predicted octanol–water partition coefficient (Wildman–Crippen LogP) is 5.65. The van der Waals surface area contributed by atoms with E-state index in [2.05, 4.69) is 65.7 Å². The van der Waals surface area contributed by atoms with E-state index < -0.39 is 20.1 Å². The standard InChI is InChI=1S/C15H21Br2FO3Si/c1-15(2,3)22(5,6)21-13-9(8-16)12(14(19)20-4)11(18)7-10(13)17/h7H,8H2,1-6H3. The summed E-state index contributed by atoms with van der Waals surface area (Å²) in [6.45, 7) is 10.5. The van der Waals surface area contributed by atoms with E-state index in [-0.39, 0.29) is 15.9 Å². The van der Waals surface area contributed by atoms with Gasteiger partial charge in [-0.15, -0.1) is 0 Å². The van der Waals surface area contributed by atoms with Gasteiger partial charge in [-0.1, -0.05) is 36.7 Å². The largest absolute Gasteiger partial charge is 0.543 e. The van der Waals surface area contributed by atoms with E-state index in [1.807, 2.05) is 0 Å². The van der Waals surface area contributed by atoms with Gasteiger partial charge in [0.25, 0.3) is 8.32 Å². The topological polar surface area (TPSA) is 35.5 Å². The van der Waals surface area contributed by atoms with Crippen LogP contribution in [0.25, 0.3) is 0 Å². The van der Waals surface area contributed by atoms with Crippen molar-refractivity contribution in [3.05, 3.63) is 27.5 Å². The number of methoxy groups -OCH3 is 1. The Hall–Kier alpha value is -0.403. The molecule has 0 saturated heterocycles. The molecular formula is C15H21Br2FO3Si. The lowest BCUT2D eigenvalue weighted by molar-refractivity contribution is 0.0594. The molecule has 0 aliphatic rings. The summed E-state index contributed by atoms with van der Waals surface area (Å²) in [4.78, 5) is 11.9. The van der Waals surface area contributed by atoms with E-state index in [4.69, 9.17) is 9.16 Å². The Morgan fingerprint density at radius 3 is 2.32 bits per heavy atom. The van der Waals surface area contributed by atoms with Gasteiger partial charge in [0.05, 0.1) is 11.6 Å². The molecule has 7 heteroatoms. The summed E-state index contributed by atoms with van der Waals surface area (Å²) in [6.07, 6.45) is 0. The molecule has 22 heavy (non-hydrogen) atoms. The molecule has 0 N–H and O–H groups in total. The molecule has 1 aromatic rings. The molecule has 0 fully saturated rings. The Balaban J connectivity index is 3.52. The molecule has 1 aromatic carbocycles. The highest BCUT2D eigenvalue weighted by Crippen LogP contribution is 2.42. The maximum Gasteiger partial charge on any atom is 0.341 e. The van der Waals surface area contributed by atoms with Gasteiger partial charge in [-0.3, -0.25) is 0 Å². The zero-order valence-corrected chi connectivity index (χ0v) is 17.8. The maximum atomic E-state index is 14.2. The van der Waals surface area contributed by atoms with Crippen molar-refractivity contribution >= 4 is 46.1 Å². The van der Waals surface area contributed by atoms with Crippen LogP contribution < -0.4 is 4.43 Å². The van der Waals surface area contributed by atoms with Crippen LogP contribution in [0.1, 0.15) is 36.7 Å². The Kier molecular flexibility index (Phi) is 6.26. The van der Waals surface area contributed by atoms with Gasteiger partial charge in [-0.2, -0.15) is 0 Å². The summed E-state index contributed by atoms with van der Waals surface area (Å²) in [5.41, 5.74) is 0.375. The molecule has 124 valence electrons. The van der Waals surface area contributed by atoms with Gasteiger partial charge in [0.1, 0.15) is 17.1 Å². The lowest BCUT2D eigenvalue weighted by Crippen LogP contribution is -2.44. The molecule has 0 unspecified atom stereocenters. The second kappa shape index (κ2) is 7.01. The van der Waals surface area contributed by atoms with Crippen LogP contribution >= 0.6 is 31.9 Å². The first-order valence-corrected chi connectivity index (χ1v) is 11.6. The fourth-order valence-corrected chi connectivity index (χ4v) is 3.87. The van der Waals surface area contributed by atoms with Crippen molar-refractivity contribution < 1.29 is 18.3 Å². The Bertz CT molecular complexity index is 583. The van der Waals surface area contributed by atoms with Crippen LogP contribution in [-0.4, -0.2) is 21.4 Å².